The van der Waals surface area contributed by atoms with E-state index in [-0.39, 0.29) is 17.5 Å². The Morgan fingerprint density at radius 2 is 2.17 bits per heavy atom. The van der Waals surface area contributed by atoms with E-state index in [1.54, 1.807) is 6.20 Å². The van der Waals surface area contributed by atoms with E-state index in [0.717, 1.165) is 18.5 Å². The van der Waals surface area contributed by atoms with Crippen LogP contribution in [0.15, 0.2) is 41.5 Å². The van der Waals surface area contributed by atoms with Gasteiger partial charge < -0.3 is 15.2 Å². The van der Waals surface area contributed by atoms with Crippen molar-refractivity contribution in [3.8, 4) is 0 Å². The highest BCUT2D eigenvalue weighted by Crippen LogP contribution is 2.14. The van der Waals surface area contributed by atoms with Gasteiger partial charge in [0.1, 0.15) is 0 Å². The smallest absolute Gasteiger partial charge is 0.290 e. The molecule has 0 saturated carbocycles. The number of amides is 1. The van der Waals surface area contributed by atoms with Gasteiger partial charge in [0.25, 0.3) is 5.56 Å². The third-order valence-corrected chi connectivity index (χ3v) is 4.03. The zero-order valence-electron chi connectivity index (χ0n) is 13.1. The van der Waals surface area contributed by atoms with E-state index in [9.17, 15) is 9.59 Å². The summed E-state index contributed by atoms with van der Waals surface area (Å²) in [6.45, 7) is 3.35. The molecule has 1 amide bonds. The number of hydrogen-bond donors (Lipinski definition) is 2. The second kappa shape index (κ2) is 6.64. The molecule has 1 unspecified atom stereocenters. The summed E-state index contributed by atoms with van der Waals surface area (Å²) in [5.41, 5.74) is 1.99. The number of H-pyrrole nitrogens is 1. The molecule has 1 aliphatic rings. The number of rotatable bonds is 4. The van der Waals surface area contributed by atoms with Gasteiger partial charge in [-0.2, -0.15) is 0 Å². The third-order valence-electron chi connectivity index (χ3n) is 4.03. The molecule has 0 spiro atoms. The van der Waals surface area contributed by atoms with Crippen LogP contribution in [-0.4, -0.2) is 35.0 Å². The summed E-state index contributed by atoms with van der Waals surface area (Å²) in [6, 6.07) is 8.02. The molecule has 0 radical (unpaired) electrons. The molecule has 2 heterocycles. The van der Waals surface area contributed by atoms with Crippen LogP contribution in [0.3, 0.4) is 0 Å². The molecule has 0 aliphatic carbocycles. The van der Waals surface area contributed by atoms with E-state index in [0.29, 0.717) is 18.8 Å². The van der Waals surface area contributed by atoms with E-state index < -0.39 is 0 Å². The summed E-state index contributed by atoms with van der Waals surface area (Å²) in [7, 11) is 0. The minimum Gasteiger partial charge on any atom is -0.351 e. The Balaban J connectivity index is 1.55. The van der Waals surface area contributed by atoms with Crippen molar-refractivity contribution < 1.29 is 4.79 Å². The van der Waals surface area contributed by atoms with Crippen LogP contribution in [0.25, 0.3) is 0 Å². The standard InChI is InChI=1S/C17H20N4O2/c1-12-2-4-13(5-3-12)10-15(22)20-14-6-9-21(11-14)16-17(23)19-8-7-18-16/h2-5,7-8,14H,6,9-11H2,1H3,(H,19,23)(H,20,22). The Morgan fingerprint density at radius 3 is 2.91 bits per heavy atom. The van der Waals surface area contributed by atoms with Crippen LogP contribution in [-0.2, 0) is 11.2 Å². The lowest BCUT2D eigenvalue weighted by Gasteiger charge is -2.16. The average molecular weight is 312 g/mol. The SMILES string of the molecule is Cc1ccc(CC(=O)NC2CCN(c3ncc[nH]c3=O)C2)cc1. The van der Waals surface area contributed by atoms with Crippen molar-refractivity contribution in [3.05, 3.63) is 58.1 Å². The van der Waals surface area contributed by atoms with Gasteiger partial charge in [-0.1, -0.05) is 29.8 Å². The highest BCUT2D eigenvalue weighted by atomic mass is 16.1. The number of carbonyl (C=O) groups excluding carboxylic acids is 1. The van der Waals surface area contributed by atoms with Crippen LogP contribution in [0, 0.1) is 6.92 Å². The van der Waals surface area contributed by atoms with Crippen molar-refractivity contribution in [1.29, 1.82) is 0 Å². The van der Waals surface area contributed by atoms with Crippen molar-refractivity contribution in [2.24, 2.45) is 0 Å². The number of aromatic nitrogens is 2. The first-order valence-corrected chi connectivity index (χ1v) is 7.75. The molecule has 23 heavy (non-hydrogen) atoms. The topological polar surface area (TPSA) is 78.1 Å². The van der Waals surface area contributed by atoms with Gasteiger partial charge in [-0.15, -0.1) is 0 Å². The third kappa shape index (κ3) is 3.77. The number of carbonyl (C=O) groups is 1. The molecule has 6 nitrogen and oxygen atoms in total. The fourth-order valence-electron chi connectivity index (χ4n) is 2.81. The molecular formula is C17H20N4O2. The molecule has 1 fully saturated rings. The van der Waals surface area contributed by atoms with Gasteiger partial charge in [-0.25, -0.2) is 4.98 Å². The van der Waals surface area contributed by atoms with Gasteiger partial charge in [0.2, 0.25) is 5.91 Å². The largest absolute Gasteiger partial charge is 0.351 e. The van der Waals surface area contributed by atoms with E-state index >= 15 is 0 Å². The maximum Gasteiger partial charge on any atom is 0.290 e. The van der Waals surface area contributed by atoms with Crippen LogP contribution in [0.1, 0.15) is 17.5 Å². The van der Waals surface area contributed by atoms with E-state index in [4.69, 9.17) is 0 Å². The van der Waals surface area contributed by atoms with Gasteiger partial charge in [-0.3, -0.25) is 9.59 Å². The Morgan fingerprint density at radius 1 is 1.39 bits per heavy atom. The van der Waals surface area contributed by atoms with Crippen LogP contribution in [0.2, 0.25) is 0 Å². The maximum atomic E-state index is 12.2. The number of aryl methyl sites for hydroxylation is 1. The van der Waals surface area contributed by atoms with Crippen LogP contribution >= 0.6 is 0 Å². The minimum atomic E-state index is -0.195. The number of nitrogens with one attached hydrogen (secondary N) is 2. The number of benzene rings is 1. The van der Waals surface area contributed by atoms with Gasteiger partial charge >= 0.3 is 0 Å². The van der Waals surface area contributed by atoms with Crippen molar-refractivity contribution in [3.63, 3.8) is 0 Å². The molecule has 1 aliphatic heterocycles. The number of hydrogen-bond acceptors (Lipinski definition) is 4. The number of anilines is 1. The number of nitrogens with zero attached hydrogens (tertiary/aromatic N) is 2. The van der Waals surface area contributed by atoms with Gasteiger partial charge in [0.15, 0.2) is 5.82 Å². The zero-order valence-corrected chi connectivity index (χ0v) is 13.1. The normalized spacial score (nSPS) is 17.3. The molecule has 0 bridgehead atoms. The molecule has 1 aromatic heterocycles. The molecule has 3 rings (SSSR count). The zero-order chi connectivity index (χ0) is 16.2. The van der Waals surface area contributed by atoms with Crippen LogP contribution in [0.4, 0.5) is 5.82 Å². The molecular weight excluding hydrogens is 292 g/mol. The summed E-state index contributed by atoms with van der Waals surface area (Å²) >= 11 is 0. The van der Waals surface area contributed by atoms with Crippen molar-refractivity contribution in [2.45, 2.75) is 25.8 Å². The molecule has 120 valence electrons. The van der Waals surface area contributed by atoms with Crippen molar-refractivity contribution in [1.82, 2.24) is 15.3 Å². The summed E-state index contributed by atoms with van der Waals surface area (Å²) in [6.07, 6.45) is 4.28. The molecule has 6 heteroatoms. The van der Waals surface area contributed by atoms with Gasteiger partial charge in [0, 0.05) is 31.5 Å². The van der Waals surface area contributed by atoms with Crippen LogP contribution in [0.5, 0.6) is 0 Å². The lowest BCUT2D eigenvalue weighted by atomic mass is 10.1. The molecule has 1 saturated heterocycles. The first-order chi connectivity index (χ1) is 11.1. The predicted molar refractivity (Wildman–Crippen MR) is 88.5 cm³/mol. The fourth-order valence-corrected chi connectivity index (χ4v) is 2.81. The first-order valence-electron chi connectivity index (χ1n) is 7.75. The monoisotopic (exact) mass is 312 g/mol. The molecule has 2 aromatic rings. The predicted octanol–water partition coefficient (Wildman–Crippen LogP) is 1.02. The minimum absolute atomic E-state index is 0.00985. The van der Waals surface area contributed by atoms with Crippen LogP contribution < -0.4 is 15.8 Å². The summed E-state index contributed by atoms with van der Waals surface area (Å²) in [5.74, 6) is 0.429. The Kier molecular flexibility index (Phi) is 4.41. The van der Waals surface area contributed by atoms with Crippen molar-refractivity contribution in [2.75, 3.05) is 18.0 Å². The summed E-state index contributed by atoms with van der Waals surface area (Å²) < 4.78 is 0. The van der Waals surface area contributed by atoms with Crippen molar-refractivity contribution >= 4 is 11.7 Å². The lowest BCUT2D eigenvalue weighted by Crippen LogP contribution is -2.38. The Bertz CT molecular complexity index is 739. The molecule has 1 aromatic carbocycles. The number of aromatic amines is 1. The summed E-state index contributed by atoms with van der Waals surface area (Å²) in [4.78, 5) is 32.6. The molecule has 2 N–H and O–H groups in total. The van der Waals surface area contributed by atoms with E-state index in [2.05, 4.69) is 15.3 Å². The van der Waals surface area contributed by atoms with E-state index in [1.807, 2.05) is 36.1 Å². The first kappa shape index (κ1) is 15.3. The Hall–Kier alpha value is -2.63. The fraction of sp³-hybridized carbons (Fsp3) is 0.353. The van der Waals surface area contributed by atoms with Gasteiger partial charge in [-0.05, 0) is 18.9 Å². The average Bonchev–Trinajstić information content (AvgIpc) is 2.98. The van der Waals surface area contributed by atoms with E-state index in [1.165, 1.54) is 11.8 Å². The molecule has 1 atom stereocenters. The highest BCUT2D eigenvalue weighted by molar-refractivity contribution is 5.79. The highest BCUT2D eigenvalue weighted by Gasteiger charge is 2.26. The second-order valence-corrected chi connectivity index (χ2v) is 5.90. The maximum absolute atomic E-state index is 12.2. The Labute approximate surface area is 134 Å². The second-order valence-electron chi connectivity index (χ2n) is 5.90. The quantitative estimate of drug-likeness (QED) is 0.883. The van der Waals surface area contributed by atoms with Gasteiger partial charge in [0.05, 0.1) is 6.42 Å². The lowest BCUT2D eigenvalue weighted by molar-refractivity contribution is -0.121. The summed E-state index contributed by atoms with van der Waals surface area (Å²) in [5, 5.41) is 3.04.